The van der Waals surface area contributed by atoms with Gasteiger partial charge in [0.05, 0.1) is 12.0 Å². The van der Waals surface area contributed by atoms with Crippen molar-refractivity contribution in [3.05, 3.63) is 28.2 Å². The molecule has 1 aromatic rings. The molecule has 0 spiro atoms. The van der Waals surface area contributed by atoms with E-state index < -0.39 is 11.6 Å². The number of halogens is 1. The van der Waals surface area contributed by atoms with E-state index in [1.807, 2.05) is 25.1 Å². The van der Waals surface area contributed by atoms with Crippen molar-refractivity contribution in [1.82, 2.24) is 0 Å². The molecule has 1 aliphatic heterocycles. The average Bonchev–Trinajstić information content (AvgIpc) is 2.26. The van der Waals surface area contributed by atoms with Gasteiger partial charge in [0.1, 0.15) is 0 Å². The smallest absolute Gasteiger partial charge is 0.306 e. The molecule has 2 rings (SSSR count). The maximum Gasteiger partial charge on any atom is 0.306 e. The van der Waals surface area contributed by atoms with Gasteiger partial charge in [-0.15, -0.1) is 0 Å². The van der Waals surface area contributed by atoms with Crippen LogP contribution in [-0.4, -0.2) is 34.9 Å². The van der Waals surface area contributed by atoms with Gasteiger partial charge in [0.15, 0.2) is 0 Å². The molecule has 19 heavy (non-hydrogen) atoms. The molecule has 0 saturated carbocycles. The summed E-state index contributed by atoms with van der Waals surface area (Å²) in [5, 5.41) is 19.3. The van der Waals surface area contributed by atoms with E-state index in [-0.39, 0.29) is 6.42 Å². The molecular formula is C14H18BrNO3. The van der Waals surface area contributed by atoms with Crippen molar-refractivity contribution in [2.75, 3.05) is 18.0 Å². The van der Waals surface area contributed by atoms with Crippen LogP contribution in [0.15, 0.2) is 22.7 Å². The second kappa shape index (κ2) is 5.51. The molecule has 1 heterocycles. The highest BCUT2D eigenvalue weighted by Gasteiger charge is 2.35. The number of benzene rings is 1. The second-order valence-corrected chi connectivity index (χ2v) is 6.17. The zero-order valence-electron chi connectivity index (χ0n) is 10.9. The molecule has 1 saturated heterocycles. The Balaban J connectivity index is 2.19. The van der Waals surface area contributed by atoms with Gasteiger partial charge in [-0.2, -0.15) is 0 Å². The lowest BCUT2D eigenvalue weighted by molar-refractivity contribution is -0.142. The Morgan fingerprint density at radius 2 is 2.26 bits per heavy atom. The Morgan fingerprint density at radius 1 is 1.53 bits per heavy atom. The van der Waals surface area contributed by atoms with Gasteiger partial charge < -0.3 is 15.1 Å². The van der Waals surface area contributed by atoms with E-state index in [0.29, 0.717) is 13.0 Å². The van der Waals surface area contributed by atoms with Crippen LogP contribution < -0.4 is 4.90 Å². The number of hydrogen-bond donors (Lipinski definition) is 2. The number of aliphatic hydroxyl groups is 1. The van der Waals surface area contributed by atoms with E-state index in [1.165, 1.54) is 0 Å². The Hall–Kier alpha value is -1.07. The first-order valence-corrected chi connectivity index (χ1v) is 7.14. The second-order valence-electron chi connectivity index (χ2n) is 5.25. The minimum atomic E-state index is -1.12. The van der Waals surface area contributed by atoms with Crippen LogP contribution in [0, 0.1) is 6.92 Å². The van der Waals surface area contributed by atoms with Crippen molar-refractivity contribution in [2.24, 2.45) is 0 Å². The van der Waals surface area contributed by atoms with Crippen molar-refractivity contribution in [3.8, 4) is 0 Å². The van der Waals surface area contributed by atoms with Crippen LogP contribution in [0.3, 0.4) is 0 Å². The van der Waals surface area contributed by atoms with Crippen LogP contribution in [0.5, 0.6) is 0 Å². The van der Waals surface area contributed by atoms with E-state index in [0.717, 1.165) is 28.7 Å². The van der Waals surface area contributed by atoms with Gasteiger partial charge in [-0.25, -0.2) is 0 Å². The molecule has 1 aromatic carbocycles. The molecule has 0 aromatic heterocycles. The number of carboxylic acids is 1. The first-order valence-electron chi connectivity index (χ1n) is 6.35. The number of nitrogens with zero attached hydrogens (tertiary/aromatic N) is 1. The molecule has 0 amide bonds. The van der Waals surface area contributed by atoms with Gasteiger partial charge in [0.2, 0.25) is 0 Å². The zero-order valence-corrected chi connectivity index (χ0v) is 12.5. The first-order chi connectivity index (χ1) is 8.89. The normalized spacial score (nSPS) is 23.4. The summed E-state index contributed by atoms with van der Waals surface area (Å²) >= 11 is 3.43. The highest BCUT2D eigenvalue weighted by atomic mass is 79.9. The summed E-state index contributed by atoms with van der Waals surface area (Å²) in [6, 6.07) is 6.00. The molecule has 4 nitrogen and oxygen atoms in total. The molecule has 0 bridgehead atoms. The summed E-state index contributed by atoms with van der Waals surface area (Å²) < 4.78 is 1.02. The fourth-order valence-corrected chi connectivity index (χ4v) is 3.19. The highest BCUT2D eigenvalue weighted by Crippen LogP contribution is 2.31. The predicted octanol–water partition coefficient (Wildman–Crippen LogP) is 2.56. The summed E-state index contributed by atoms with van der Waals surface area (Å²) in [5.41, 5.74) is 1.06. The Bertz CT molecular complexity index is 492. The largest absolute Gasteiger partial charge is 0.481 e. The number of anilines is 1. The van der Waals surface area contributed by atoms with Crippen molar-refractivity contribution < 1.29 is 15.0 Å². The van der Waals surface area contributed by atoms with Crippen molar-refractivity contribution in [2.45, 2.75) is 31.8 Å². The standard InChI is InChI=1S/C14H18BrNO3/c1-10-7-11(15)3-4-12(10)16-6-2-5-14(19,9-16)8-13(17)18/h3-4,7,19H,2,5-6,8-9H2,1H3,(H,17,18). The molecule has 1 fully saturated rings. The molecule has 1 unspecified atom stereocenters. The average molecular weight is 328 g/mol. The van der Waals surface area contributed by atoms with Crippen LogP contribution in [0.4, 0.5) is 5.69 Å². The number of carboxylic acid groups (broad SMARTS) is 1. The number of rotatable bonds is 3. The van der Waals surface area contributed by atoms with E-state index >= 15 is 0 Å². The minimum Gasteiger partial charge on any atom is -0.481 e. The van der Waals surface area contributed by atoms with Crippen LogP contribution >= 0.6 is 15.9 Å². The maximum absolute atomic E-state index is 10.8. The summed E-state index contributed by atoms with van der Waals surface area (Å²) in [6.07, 6.45) is 1.16. The van der Waals surface area contributed by atoms with Crippen LogP contribution in [0.1, 0.15) is 24.8 Å². The molecule has 1 aliphatic rings. The lowest BCUT2D eigenvalue weighted by Gasteiger charge is -2.40. The summed E-state index contributed by atoms with van der Waals surface area (Å²) in [6.45, 7) is 3.25. The zero-order chi connectivity index (χ0) is 14.0. The molecule has 0 radical (unpaired) electrons. The Kier molecular flexibility index (Phi) is 4.16. The van der Waals surface area contributed by atoms with Gasteiger partial charge >= 0.3 is 5.97 Å². The van der Waals surface area contributed by atoms with E-state index in [2.05, 4.69) is 20.8 Å². The quantitative estimate of drug-likeness (QED) is 0.895. The highest BCUT2D eigenvalue weighted by molar-refractivity contribution is 9.10. The van der Waals surface area contributed by atoms with Gasteiger partial charge in [0, 0.05) is 23.2 Å². The number of aliphatic carboxylic acids is 1. The summed E-state index contributed by atoms with van der Waals surface area (Å²) in [5.74, 6) is -0.947. The third-order valence-corrected chi connectivity index (χ3v) is 4.03. The molecule has 104 valence electrons. The van der Waals surface area contributed by atoms with Gasteiger partial charge in [0.25, 0.3) is 0 Å². The number of hydrogen-bond acceptors (Lipinski definition) is 3. The minimum absolute atomic E-state index is 0.195. The van der Waals surface area contributed by atoms with Crippen LogP contribution in [0.2, 0.25) is 0 Å². The van der Waals surface area contributed by atoms with Crippen molar-refractivity contribution in [3.63, 3.8) is 0 Å². The molecule has 2 N–H and O–H groups in total. The summed E-state index contributed by atoms with van der Waals surface area (Å²) in [4.78, 5) is 12.9. The fourth-order valence-electron chi connectivity index (χ4n) is 2.72. The van der Waals surface area contributed by atoms with Gasteiger partial charge in [-0.3, -0.25) is 4.79 Å². The van der Waals surface area contributed by atoms with Crippen molar-refractivity contribution >= 4 is 27.6 Å². The number of carbonyl (C=O) groups is 1. The maximum atomic E-state index is 10.8. The molecule has 5 heteroatoms. The van der Waals surface area contributed by atoms with E-state index in [9.17, 15) is 9.90 Å². The number of β-amino-alcohol motifs (C(OH)–C–C–N with tert-alkyl or cyclic N) is 1. The van der Waals surface area contributed by atoms with Crippen molar-refractivity contribution in [1.29, 1.82) is 0 Å². The SMILES string of the molecule is Cc1cc(Br)ccc1N1CCCC(O)(CC(=O)O)C1. The van der Waals surface area contributed by atoms with Gasteiger partial charge in [-0.1, -0.05) is 15.9 Å². The third-order valence-electron chi connectivity index (χ3n) is 3.54. The van der Waals surface area contributed by atoms with E-state index in [1.54, 1.807) is 0 Å². The lowest BCUT2D eigenvalue weighted by atomic mass is 9.89. The predicted molar refractivity (Wildman–Crippen MR) is 77.5 cm³/mol. The molecule has 0 aliphatic carbocycles. The van der Waals surface area contributed by atoms with Crippen LogP contribution in [0.25, 0.3) is 0 Å². The molecular weight excluding hydrogens is 310 g/mol. The Labute approximate surface area is 121 Å². The topological polar surface area (TPSA) is 60.8 Å². The molecule has 1 atom stereocenters. The van der Waals surface area contributed by atoms with E-state index in [4.69, 9.17) is 5.11 Å². The van der Waals surface area contributed by atoms with Crippen LogP contribution in [-0.2, 0) is 4.79 Å². The number of piperidine rings is 1. The third kappa shape index (κ3) is 3.48. The summed E-state index contributed by atoms with van der Waals surface area (Å²) in [7, 11) is 0. The fraction of sp³-hybridized carbons (Fsp3) is 0.500. The number of aryl methyl sites for hydroxylation is 1. The Morgan fingerprint density at radius 3 is 2.89 bits per heavy atom. The first kappa shape index (κ1) is 14.3. The lowest BCUT2D eigenvalue weighted by Crippen LogP contribution is -2.49. The van der Waals surface area contributed by atoms with Gasteiger partial charge in [-0.05, 0) is 43.5 Å². The monoisotopic (exact) mass is 327 g/mol.